The SMILES string of the molecule is COCCC(N)Cc1c(Br)c(C)nn1C. The van der Waals surface area contributed by atoms with Crippen molar-refractivity contribution in [1.82, 2.24) is 9.78 Å². The second-order valence-corrected chi connectivity index (χ2v) is 4.51. The molecule has 0 saturated heterocycles. The number of nitrogens with zero attached hydrogens (tertiary/aromatic N) is 2. The smallest absolute Gasteiger partial charge is 0.0738 e. The highest BCUT2D eigenvalue weighted by atomic mass is 79.9. The van der Waals surface area contributed by atoms with Gasteiger partial charge in [0.05, 0.1) is 15.9 Å². The molecule has 1 unspecified atom stereocenters. The minimum Gasteiger partial charge on any atom is -0.385 e. The minimum absolute atomic E-state index is 0.121. The Labute approximate surface area is 98.9 Å². The highest BCUT2D eigenvalue weighted by molar-refractivity contribution is 9.10. The molecule has 2 N–H and O–H groups in total. The van der Waals surface area contributed by atoms with Crippen molar-refractivity contribution in [3.8, 4) is 0 Å². The molecule has 1 aromatic heterocycles. The number of halogens is 1. The van der Waals surface area contributed by atoms with Crippen molar-refractivity contribution in [3.63, 3.8) is 0 Å². The first kappa shape index (κ1) is 12.7. The molecular weight excluding hydrogens is 258 g/mol. The highest BCUT2D eigenvalue weighted by Crippen LogP contribution is 2.21. The summed E-state index contributed by atoms with van der Waals surface area (Å²) in [5.74, 6) is 0. The molecule has 86 valence electrons. The predicted molar refractivity (Wildman–Crippen MR) is 63.8 cm³/mol. The van der Waals surface area contributed by atoms with Crippen LogP contribution in [0.15, 0.2) is 4.47 Å². The third-order valence-electron chi connectivity index (χ3n) is 2.41. The van der Waals surface area contributed by atoms with Crippen LogP contribution in [0.5, 0.6) is 0 Å². The second kappa shape index (κ2) is 5.63. The first-order chi connectivity index (χ1) is 7.06. The first-order valence-corrected chi connectivity index (χ1v) is 5.78. The Morgan fingerprint density at radius 2 is 2.27 bits per heavy atom. The Hall–Kier alpha value is -0.390. The Kier molecular flexibility index (Phi) is 4.76. The lowest BCUT2D eigenvalue weighted by Gasteiger charge is -2.11. The van der Waals surface area contributed by atoms with E-state index in [-0.39, 0.29) is 6.04 Å². The van der Waals surface area contributed by atoms with E-state index < -0.39 is 0 Å². The lowest BCUT2D eigenvalue weighted by atomic mass is 10.1. The molecule has 0 aliphatic heterocycles. The number of aromatic nitrogens is 2. The maximum atomic E-state index is 6.00. The average molecular weight is 276 g/mol. The summed E-state index contributed by atoms with van der Waals surface area (Å²) in [6, 6.07) is 0.121. The van der Waals surface area contributed by atoms with Crippen molar-refractivity contribution < 1.29 is 4.74 Å². The van der Waals surface area contributed by atoms with Gasteiger partial charge in [0.25, 0.3) is 0 Å². The zero-order valence-corrected chi connectivity index (χ0v) is 11.0. The van der Waals surface area contributed by atoms with Gasteiger partial charge in [0.15, 0.2) is 0 Å². The second-order valence-electron chi connectivity index (χ2n) is 3.72. The van der Waals surface area contributed by atoms with E-state index >= 15 is 0 Å². The number of hydrogen-bond acceptors (Lipinski definition) is 3. The third kappa shape index (κ3) is 3.29. The van der Waals surface area contributed by atoms with Crippen LogP contribution in [-0.4, -0.2) is 29.5 Å². The summed E-state index contributed by atoms with van der Waals surface area (Å²) in [5, 5.41) is 4.33. The molecule has 1 atom stereocenters. The summed E-state index contributed by atoms with van der Waals surface area (Å²) in [6.07, 6.45) is 1.69. The van der Waals surface area contributed by atoms with Crippen molar-refractivity contribution in [2.45, 2.75) is 25.8 Å². The molecule has 1 aromatic rings. The van der Waals surface area contributed by atoms with E-state index in [2.05, 4.69) is 21.0 Å². The van der Waals surface area contributed by atoms with Crippen molar-refractivity contribution in [2.75, 3.05) is 13.7 Å². The number of nitrogens with two attached hydrogens (primary N) is 1. The first-order valence-electron chi connectivity index (χ1n) is 4.98. The van der Waals surface area contributed by atoms with Gasteiger partial charge in [-0.2, -0.15) is 5.10 Å². The van der Waals surface area contributed by atoms with Crippen LogP contribution in [0.2, 0.25) is 0 Å². The topological polar surface area (TPSA) is 53.1 Å². The van der Waals surface area contributed by atoms with Crippen molar-refractivity contribution in [2.24, 2.45) is 12.8 Å². The standard InChI is InChI=1S/C10H18BrN3O/c1-7-10(11)9(14(2)13-7)6-8(12)4-5-15-3/h8H,4-6,12H2,1-3H3. The molecule has 0 aliphatic rings. The quantitative estimate of drug-likeness (QED) is 0.884. The monoisotopic (exact) mass is 275 g/mol. The van der Waals surface area contributed by atoms with E-state index in [1.165, 1.54) is 0 Å². The van der Waals surface area contributed by atoms with Gasteiger partial charge in [0, 0.05) is 33.2 Å². The number of ether oxygens (including phenoxy) is 1. The van der Waals surface area contributed by atoms with Gasteiger partial charge in [0.1, 0.15) is 0 Å². The molecule has 0 radical (unpaired) electrons. The molecule has 0 aliphatic carbocycles. The van der Waals surface area contributed by atoms with Crippen LogP contribution in [0.1, 0.15) is 17.8 Å². The summed E-state index contributed by atoms with van der Waals surface area (Å²) in [5.41, 5.74) is 8.15. The van der Waals surface area contributed by atoms with E-state index in [0.717, 1.165) is 28.7 Å². The molecule has 15 heavy (non-hydrogen) atoms. The maximum Gasteiger partial charge on any atom is 0.0738 e. The van der Waals surface area contributed by atoms with Gasteiger partial charge >= 0.3 is 0 Å². The molecule has 1 heterocycles. The van der Waals surface area contributed by atoms with E-state index in [1.54, 1.807) is 7.11 Å². The van der Waals surface area contributed by atoms with E-state index in [1.807, 2.05) is 18.7 Å². The van der Waals surface area contributed by atoms with Crippen LogP contribution < -0.4 is 5.73 Å². The summed E-state index contributed by atoms with van der Waals surface area (Å²) in [4.78, 5) is 0. The fourth-order valence-corrected chi connectivity index (χ4v) is 2.02. The van der Waals surface area contributed by atoms with Gasteiger partial charge in [-0.15, -0.1) is 0 Å². The third-order valence-corrected chi connectivity index (χ3v) is 3.44. The summed E-state index contributed by atoms with van der Waals surface area (Å²) >= 11 is 3.53. The van der Waals surface area contributed by atoms with Gasteiger partial charge in [-0.3, -0.25) is 4.68 Å². The summed E-state index contributed by atoms with van der Waals surface area (Å²) in [6.45, 7) is 2.68. The van der Waals surface area contributed by atoms with E-state index in [4.69, 9.17) is 10.5 Å². The zero-order chi connectivity index (χ0) is 11.4. The van der Waals surface area contributed by atoms with Gasteiger partial charge < -0.3 is 10.5 Å². The molecule has 0 amide bonds. The highest BCUT2D eigenvalue weighted by Gasteiger charge is 2.13. The number of aryl methyl sites for hydroxylation is 2. The number of hydrogen-bond donors (Lipinski definition) is 1. The average Bonchev–Trinajstić information content (AvgIpc) is 2.42. The largest absolute Gasteiger partial charge is 0.385 e. The minimum atomic E-state index is 0.121. The maximum absolute atomic E-state index is 6.00. The van der Waals surface area contributed by atoms with Crippen LogP contribution in [0.25, 0.3) is 0 Å². The molecular formula is C10H18BrN3O. The van der Waals surface area contributed by atoms with Crippen LogP contribution in [0.3, 0.4) is 0 Å². The molecule has 0 bridgehead atoms. The summed E-state index contributed by atoms with van der Waals surface area (Å²) < 4.78 is 7.95. The summed E-state index contributed by atoms with van der Waals surface area (Å²) in [7, 11) is 3.63. The van der Waals surface area contributed by atoms with Gasteiger partial charge in [-0.25, -0.2) is 0 Å². The van der Waals surface area contributed by atoms with Crippen LogP contribution in [0.4, 0.5) is 0 Å². The number of rotatable bonds is 5. The zero-order valence-electron chi connectivity index (χ0n) is 9.46. The van der Waals surface area contributed by atoms with Gasteiger partial charge in [-0.1, -0.05) is 0 Å². The molecule has 0 fully saturated rings. The van der Waals surface area contributed by atoms with E-state index in [0.29, 0.717) is 6.61 Å². The van der Waals surface area contributed by atoms with Crippen LogP contribution in [0, 0.1) is 6.92 Å². The molecule has 5 heteroatoms. The number of methoxy groups -OCH3 is 1. The predicted octanol–water partition coefficient (Wildman–Crippen LogP) is 1.40. The van der Waals surface area contributed by atoms with Crippen molar-refractivity contribution in [1.29, 1.82) is 0 Å². The van der Waals surface area contributed by atoms with Gasteiger partial charge in [-0.05, 0) is 29.3 Å². The lowest BCUT2D eigenvalue weighted by Crippen LogP contribution is -2.25. The molecule has 1 rings (SSSR count). The Morgan fingerprint density at radius 3 is 2.73 bits per heavy atom. The van der Waals surface area contributed by atoms with Crippen molar-refractivity contribution >= 4 is 15.9 Å². The van der Waals surface area contributed by atoms with E-state index in [9.17, 15) is 0 Å². The Bertz CT molecular complexity index is 325. The van der Waals surface area contributed by atoms with Crippen LogP contribution >= 0.6 is 15.9 Å². The molecule has 0 saturated carbocycles. The fraction of sp³-hybridized carbons (Fsp3) is 0.700. The Balaban J connectivity index is 2.63. The lowest BCUT2D eigenvalue weighted by molar-refractivity contribution is 0.187. The van der Waals surface area contributed by atoms with Crippen LogP contribution in [-0.2, 0) is 18.2 Å². The molecule has 0 aromatic carbocycles. The van der Waals surface area contributed by atoms with Gasteiger partial charge in [0.2, 0.25) is 0 Å². The van der Waals surface area contributed by atoms with Crippen molar-refractivity contribution in [3.05, 3.63) is 15.9 Å². The normalized spacial score (nSPS) is 13.1. The fourth-order valence-electron chi connectivity index (χ4n) is 1.52. The molecule has 4 nitrogen and oxygen atoms in total. The Morgan fingerprint density at radius 1 is 1.60 bits per heavy atom. The molecule has 0 spiro atoms.